The summed E-state index contributed by atoms with van der Waals surface area (Å²) in [4.78, 5) is 6.93. The van der Waals surface area contributed by atoms with Crippen LogP contribution < -0.4 is 0 Å². The fourth-order valence-corrected chi connectivity index (χ4v) is 3.12. The molecule has 3 heteroatoms. The zero-order valence-electron chi connectivity index (χ0n) is 13.4. The van der Waals surface area contributed by atoms with Gasteiger partial charge in [-0.1, -0.05) is 39.2 Å². The van der Waals surface area contributed by atoms with Gasteiger partial charge in [0.2, 0.25) is 0 Å². The van der Waals surface area contributed by atoms with Gasteiger partial charge in [-0.05, 0) is 18.1 Å². The molecular weight excluding hydrogens is 260 g/mol. The number of pyridine rings is 1. The summed E-state index contributed by atoms with van der Waals surface area (Å²) in [7, 11) is 0. The molecular formula is C18H26N2O. The number of piperidine rings is 1. The molecule has 0 aliphatic carbocycles. The normalized spacial score (nSPS) is 23.6. The lowest BCUT2D eigenvalue weighted by molar-refractivity contribution is -0.182. The third kappa shape index (κ3) is 3.25. The summed E-state index contributed by atoms with van der Waals surface area (Å²) in [6.07, 6.45) is 7.89. The fourth-order valence-electron chi connectivity index (χ4n) is 3.12. The van der Waals surface area contributed by atoms with Gasteiger partial charge in [0.1, 0.15) is 0 Å². The van der Waals surface area contributed by atoms with Crippen molar-refractivity contribution in [2.75, 3.05) is 13.1 Å². The van der Waals surface area contributed by atoms with E-state index in [1.807, 2.05) is 39.1 Å². The largest absolute Gasteiger partial charge is 0.372 e. The maximum Gasteiger partial charge on any atom is 0.0731 e. The van der Waals surface area contributed by atoms with Gasteiger partial charge >= 0.3 is 0 Å². The van der Waals surface area contributed by atoms with Crippen LogP contribution in [0.2, 0.25) is 0 Å². The zero-order valence-corrected chi connectivity index (χ0v) is 13.4. The molecule has 0 aromatic carbocycles. The fraction of sp³-hybridized carbons (Fsp3) is 0.500. The lowest BCUT2D eigenvalue weighted by atomic mass is 9.96. The van der Waals surface area contributed by atoms with Crippen LogP contribution in [0.15, 0.2) is 19.4 Å². The van der Waals surface area contributed by atoms with Crippen LogP contribution >= 0.6 is 0 Å². The smallest absolute Gasteiger partial charge is 0.0731 e. The number of morpholine rings is 1. The van der Waals surface area contributed by atoms with Crippen molar-refractivity contribution in [1.29, 1.82) is 0 Å². The first-order valence-corrected chi connectivity index (χ1v) is 7.82. The van der Waals surface area contributed by atoms with Crippen LogP contribution in [0.4, 0.5) is 0 Å². The van der Waals surface area contributed by atoms with E-state index in [1.165, 1.54) is 17.5 Å². The summed E-state index contributed by atoms with van der Waals surface area (Å²) in [5.41, 5.74) is 4.52. The number of aromatic nitrogens is 1. The van der Waals surface area contributed by atoms with Gasteiger partial charge in [-0.3, -0.25) is 9.88 Å². The molecule has 3 saturated heterocycles. The monoisotopic (exact) mass is 286 g/mol. The van der Waals surface area contributed by atoms with Crippen molar-refractivity contribution in [2.45, 2.75) is 45.9 Å². The minimum atomic E-state index is 0.447. The van der Waals surface area contributed by atoms with Gasteiger partial charge in [-0.15, -0.1) is 0 Å². The van der Waals surface area contributed by atoms with Crippen molar-refractivity contribution in [3.8, 4) is 0 Å². The highest BCUT2D eigenvalue weighted by atomic mass is 16.5. The third-order valence-corrected chi connectivity index (χ3v) is 4.08. The van der Waals surface area contributed by atoms with Crippen LogP contribution in [0.3, 0.4) is 0 Å². The Kier molecular flexibility index (Phi) is 5.32. The molecule has 3 fully saturated rings. The van der Waals surface area contributed by atoms with E-state index < -0.39 is 0 Å². The summed E-state index contributed by atoms with van der Waals surface area (Å²) in [6.45, 7) is 16.8. The van der Waals surface area contributed by atoms with Gasteiger partial charge in [0.05, 0.1) is 12.2 Å². The summed E-state index contributed by atoms with van der Waals surface area (Å²) in [6, 6.07) is 0. The summed E-state index contributed by atoms with van der Waals surface area (Å²) >= 11 is 0. The highest BCUT2D eigenvalue weighted by Gasteiger charge is 2.38. The summed E-state index contributed by atoms with van der Waals surface area (Å²) in [5.74, 6) is 0. The number of hydrogen-bond donors (Lipinski definition) is 0. The first-order chi connectivity index (χ1) is 10.2. The Balaban J connectivity index is 0.000000774. The molecule has 0 N–H and O–H groups in total. The Morgan fingerprint density at radius 1 is 1.24 bits per heavy atom. The average molecular weight is 286 g/mol. The van der Waals surface area contributed by atoms with Crippen molar-refractivity contribution >= 4 is 12.2 Å². The second kappa shape index (κ2) is 7.01. The van der Waals surface area contributed by atoms with E-state index in [-0.39, 0.29) is 0 Å². The molecule has 2 unspecified atom stereocenters. The summed E-state index contributed by atoms with van der Waals surface area (Å²) < 4.78 is 5.67. The average Bonchev–Trinajstić information content (AvgIpc) is 2.50. The molecule has 0 radical (unpaired) electrons. The molecule has 3 nitrogen and oxygen atoms in total. The molecule has 1 aromatic heterocycles. The minimum absolute atomic E-state index is 0.447. The number of nitrogens with zero attached hydrogens (tertiary/aromatic N) is 2. The lowest BCUT2D eigenvalue weighted by Crippen LogP contribution is -2.56. The Morgan fingerprint density at radius 3 is 2.33 bits per heavy atom. The predicted molar refractivity (Wildman–Crippen MR) is 89.1 cm³/mol. The lowest BCUT2D eigenvalue weighted by Gasteiger charge is -2.47. The number of ether oxygens (including phenoxy) is 1. The van der Waals surface area contributed by atoms with Crippen LogP contribution in [0, 0.1) is 6.92 Å². The van der Waals surface area contributed by atoms with E-state index in [1.54, 1.807) is 0 Å². The second-order valence-corrected chi connectivity index (χ2v) is 5.41. The van der Waals surface area contributed by atoms with Crippen LogP contribution in [0.1, 0.15) is 42.7 Å². The van der Waals surface area contributed by atoms with Crippen LogP contribution in [0.25, 0.3) is 12.2 Å². The molecule has 21 heavy (non-hydrogen) atoms. The van der Waals surface area contributed by atoms with E-state index >= 15 is 0 Å². The SMILES string of the molecule is C=Cc1c(CN2CC3CC(C2)O3)cnc(C)c1C=C.CC. The van der Waals surface area contributed by atoms with Crippen molar-refractivity contribution < 1.29 is 4.74 Å². The second-order valence-electron chi connectivity index (χ2n) is 5.41. The molecule has 2 bridgehead atoms. The number of fused-ring (bicyclic) bond motifs is 2. The van der Waals surface area contributed by atoms with Crippen molar-refractivity contribution in [1.82, 2.24) is 9.88 Å². The van der Waals surface area contributed by atoms with Crippen molar-refractivity contribution in [3.63, 3.8) is 0 Å². The Morgan fingerprint density at radius 2 is 1.81 bits per heavy atom. The van der Waals surface area contributed by atoms with E-state index in [4.69, 9.17) is 4.74 Å². The van der Waals surface area contributed by atoms with Crippen LogP contribution in [-0.2, 0) is 11.3 Å². The molecule has 4 heterocycles. The van der Waals surface area contributed by atoms with Gasteiger partial charge in [0.15, 0.2) is 0 Å². The van der Waals surface area contributed by atoms with Gasteiger partial charge in [-0.2, -0.15) is 0 Å². The van der Waals surface area contributed by atoms with Gasteiger partial charge in [0, 0.05) is 43.5 Å². The topological polar surface area (TPSA) is 25.4 Å². The van der Waals surface area contributed by atoms with E-state index in [9.17, 15) is 0 Å². The first kappa shape index (κ1) is 15.9. The third-order valence-electron chi connectivity index (χ3n) is 4.08. The summed E-state index contributed by atoms with van der Waals surface area (Å²) in [5, 5.41) is 0. The molecule has 0 amide bonds. The molecule has 3 aliphatic heterocycles. The highest BCUT2D eigenvalue weighted by Crippen LogP contribution is 2.30. The van der Waals surface area contributed by atoms with Crippen LogP contribution in [-0.4, -0.2) is 35.2 Å². The number of rotatable bonds is 4. The Bertz CT molecular complexity index is 508. The molecule has 1 aromatic rings. The molecule has 0 saturated carbocycles. The standard InChI is InChI=1S/C16H20N2O.C2H6/c1-4-15-11(3)17-7-12(16(15)5-2)8-18-9-13-6-14(10-18)19-13;1-2/h4-5,7,13-14H,1-2,6,8-10H2,3H3;1-2H3. The maximum absolute atomic E-state index is 5.67. The molecule has 114 valence electrons. The molecule has 0 spiro atoms. The van der Waals surface area contributed by atoms with E-state index in [0.29, 0.717) is 12.2 Å². The van der Waals surface area contributed by atoms with Gasteiger partial charge in [-0.25, -0.2) is 0 Å². The Hall–Kier alpha value is -1.45. The van der Waals surface area contributed by atoms with Crippen LogP contribution in [0.5, 0.6) is 0 Å². The first-order valence-electron chi connectivity index (χ1n) is 7.82. The number of aryl methyl sites for hydroxylation is 1. The van der Waals surface area contributed by atoms with E-state index in [2.05, 4.69) is 23.0 Å². The Labute approximate surface area is 128 Å². The van der Waals surface area contributed by atoms with Crippen molar-refractivity contribution in [3.05, 3.63) is 41.7 Å². The van der Waals surface area contributed by atoms with Gasteiger partial charge in [0.25, 0.3) is 0 Å². The zero-order chi connectivity index (χ0) is 15.4. The van der Waals surface area contributed by atoms with E-state index in [0.717, 1.165) is 30.9 Å². The maximum atomic E-state index is 5.67. The number of hydrogen-bond acceptors (Lipinski definition) is 3. The predicted octanol–water partition coefficient (Wildman–Crippen LogP) is 3.68. The van der Waals surface area contributed by atoms with Crippen molar-refractivity contribution in [2.24, 2.45) is 0 Å². The minimum Gasteiger partial charge on any atom is -0.372 e. The highest BCUT2D eigenvalue weighted by molar-refractivity contribution is 5.67. The quantitative estimate of drug-likeness (QED) is 0.844. The molecule has 3 aliphatic rings. The van der Waals surface area contributed by atoms with Gasteiger partial charge < -0.3 is 4.74 Å². The molecule has 2 atom stereocenters. The molecule has 4 rings (SSSR count).